The molecule has 0 aromatic heterocycles. The fraction of sp³-hybridized carbons (Fsp3) is 0.222. The molecule has 1 aromatic carbocycles. The van der Waals surface area contributed by atoms with Gasteiger partial charge in [0.1, 0.15) is 11.8 Å². The molecular formula is C9H5ClF3NO. The minimum absolute atomic E-state index is 0.0555. The van der Waals surface area contributed by atoms with Crippen LogP contribution in [0.2, 0.25) is 0 Å². The third-order valence-corrected chi connectivity index (χ3v) is 1.86. The Morgan fingerprint density at radius 2 is 2.07 bits per heavy atom. The van der Waals surface area contributed by atoms with E-state index in [2.05, 4.69) is 4.74 Å². The lowest BCUT2D eigenvalue weighted by atomic mass is 10.1. The van der Waals surface area contributed by atoms with Crippen LogP contribution in [-0.2, 0) is 5.88 Å². The smallest absolute Gasteiger partial charge is 0.404 e. The van der Waals surface area contributed by atoms with Crippen LogP contribution < -0.4 is 4.74 Å². The minimum atomic E-state index is -4.81. The van der Waals surface area contributed by atoms with E-state index in [-0.39, 0.29) is 11.4 Å². The van der Waals surface area contributed by atoms with Gasteiger partial charge >= 0.3 is 6.36 Å². The molecule has 15 heavy (non-hydrogen) atoms. The normalized spacial score (nSPS) is 10.9. The van der Waals surface area contributed by atoms with Gasteiger partial charge in [-0.3, -0.25) is 0 Å². The highest BCUT2D eigenvalue weighted by atomic mass is 35.5. The Morgan fingerprint density at radius 3 is 2.53 bits per heavy atom. The molecule has 0 amide bonds. The Morgan fingerprint density at radius 1 is 1.40 bits per heavy atom. The topological polar surface area (TPSA) is 33.0 Å². The molecule has 0 heterocycles. The molecule has 1 rings (SSSR count). The fourth-order valence-corrected chi connectivity index (χ4v) is 1.12. The van der Waals surface area contributed by atoms with Gasteiger partial charge < -0.3 is 4.74 Å². The van der Waals surface area contributed by atoms with Crippen molar-refractivity contribution in [1.29, 1.82) is 5.26 Å². The average molecular weight is 236 g/mol. The number of alkyl halides is 4. The van der Waals surface area contributed by atoms with Gasteiger partial charge in [0, 0.05) is 5.88 Å². The highest BCUT2D eigenvalue weighted by Crippen LogP contribution is 2.27. The molecule has 2 nitrogen and oxygen atoms in total. The van der Waals surface area contributed by atoms with Gasteiger partial charge in [-0.1, -0.05) is 6.07 Å². The number of halogens is 4. The van der Waals surface area contributed by atoms with Crippen molar-refractivity contribution in [1.82, 2.24) is 0 Å². The molecule has 0 atom stereocenters. The molecule has 0 saturated heterocycles. The molecule has 0 saturated carbocycles. The zero-order valence-electron chi connectivity index (χ0n) is 7.31. The van der Waals surface area contributed by atoms with Gasteiger partial charge in [0.2, 0.25) is 0 Å². The van der Waals surface area contributed by atoms with Crippen LogP contribution >= 0.6 is 11.6 Å². The van der Waals surface area contributed by atoms with Crippen molar-refractivity contribution in [3.8, 4) is 11.8 Å². The second-order valence-electron chi connectivity index (χ2n) is 2.62. The van der Waals surface area contributed by atoms with Crippen molar-refractivity contribution in [3.05, 3.63) is 29.3 Å². The lowest BCUT2D eigenvalue weighted by molar-refractivity contribution is -0.274. The lowest BCUT2D eigenvalue weighted by Crippen LogP contribution is -2.18. The molecule has 0 unspecified atom stereocenters. The van der Waals surface area contributed by atoms with Crippen molar-refractivity contribution in [3.63, 3.8) is 0 Å². The molecule has 0 aliphatic heterocycles. The summed E-state index contributed by atoms with van der Waals surface area (Å²) in [6.07, 6.45) is -4.81. The van der Waals surface area contributed by atoms with Gasteiger partial charge in [-0.25, -0.2) is 0 Å². The van der Waals surface area contributed by atoms with Crippen molar-refractivity contribution in [2.45, 2.75) is 12.2 Å². The third kappa shape index (κ3) is 3.33. The summed E-state index contributed by atoms with van der Waals surface area (Å²) in [7, 11) is 0. The monoisotopic (exact) mass is 235 g/mol. The Labute approximate surface area is 88.8 Å². The van der Waals surface area contributed by atoms with E-state index in [0.29, 0.717) is 5.56 Å². The van der Waals surface area contributed by atoms with Gasteiger partial charge in [0.15, 0.2) is 0 Å². The van der Waals surface area contributed by atoms with Crippen LogP contribution in [0.5, 0.6) is 5.75 Å². The first kappa shape index (κ1) is 11.7. The summed E-state index contributed by atoms with van der Waals surface area (Å²) in [5.74, 6) is -0.469. The molecule has 1 aromatic rings. The van der Waals surface area contributed by atoms with E-state index in [1.165, 1.54) is 12.1 Å². The molecular weight excluding hydrogens is 231 g/mol. The summed E-state index contributed by atoms with van der Waals surface area (Å²) in [5.41, 5.74) is 0.274. The van der Waals surface area contributed by atoms with Crippen molar-refractivity contribution in [2.75, 3.05) is 0 Å². The summed E-state index contributed by atoms with van der Waals surface area (Å²) in [4.78, 5) is 0. The van der Waals surface area contributed by atoms with Gasteiger partial charge in [0.05, 0.1) is 5.56 Å². The zero-order valence-corrected chi connectivity index (χ0v) is 8.06. The maximum absolute atomic E-state index is 11.9. The van der Waals surface area contributed by atoms with E-state index in [9.17, 15) is 13.2 Å². The summed E-state index contributed by atoms with van der Waals surface area (Å²) in [5, 5.41) is 8.55. The number of ether oxygens (including phenoxy) is 1. The fourth-order valence-electron chi connectivity index (χ4n) is 0.951. The van der Waals surface area contributed by atoms with E-state index < -0.39 is 12.1 Å². The third-order valence-electron chi connectivity index (χ3n) is 1.55. The largest absolute Gasteiger partial charge is 0.573 e. The number of nitriles is 1. The predicted molar refractivity (Wildman–Crippen MR) is 47.4 cm³/mol. The first-order chi connectivity index (χ1) is 6.96. The SMILES string of the molecule is N#Cc1ccc(CCl)cc1OC(F)(F)F. The van der Waals surface area contributed by atoms with Crippen LogP contribution in [0, 0.1) is 11.3 Å². The van der Waals surface area contributed by atoms with Crippen molar-refractivity contribution in [2.24, 2.45) is 0 Å². The van der Waals surface area contributed by atoms with Gasteiger partial charge in [0.25, 0.3) is 0 Å². The van der Waals surface area contributed by atoms with Gasteiger partial charge in [-0.2, -0.15) is 5.26 Å². The quantitative estimate of drug-likeness (QED) is 0.738. The highest BCUT2D eigenvalue weighted by Gasteiger charge is 2.32. The molecule has 6 heteroatoms. The van der Waals surface area contributed by atoms with Crippen LogP contribution in [0.3, 0.4) is 0 Å². The highest BCUT2D eigenvalue weighted by molar-refractivity contribution is 6.17. The summed E-state index contributed by atoms with van der Waals surface area (Å²) in [6, 6.07) is 5.40. The average Bonchev–Trinajstić information content (AvgIpc) is 2.15. The Kier molecular flexibility index (Phi) is 3.43. The summed E-state index contributed by atoms with van der Waals surface area (Å²) in [6.45, 7) is 0. The maximum Gasteiger partial charge on any atom is 0.573 e. The molecule has 0 fully saturated rings. The standard InChI is InChI=1S/C9H5ClF3NO/c10-4-6-1-2-7(5-14)8(3-6)15-9(11,12)13/h1-3H,4H2. The van der Waals surface area contributed by atoms with Gasteiger partial charge in [-0.15, -0.1) is 24.8 Å². The van der Waals surface area contributed by atoms with Crippen LogP contribution in [0.4, 0.5) is 13.2 Å². The molecule has 0 radical (unpaired) electrons. The molecule has 0 N–H and O–H groups in total. The minimum Gasteiger partial charge on any atom is -0.404 e. The van der Waals surface area contributed by atoms with Gasteiger partial charge in [-0.05, 0) is 17.7 Å². The zero-order chi connectivity index (χ0) is 11.5. The Hall–Kier alpha value is -1.41. The molecule has 0 spiro atoms. The maximum atomic E-state index is 11.9. The van der Waals surface area contributed by atoms with E-state index in [1.807, 2.05) is 0 Å². The molecule has 0 bridgehead atoms. The first-order valence-corrected chi connectivity index (χ1v) is 4.34. The van der Waals surface area contributed by atoms with Crippen LogP contribution in [0.25, 0.3) is 0 Å². The molecule has 80 valence electrons. The summed E-state index contributed by atoms with van der Waals surface area (Å²) < 4.78 is 39.5. The van der Waals surface area contributed by atoms with Crippen LogP contribution in [-0.4, -0.2) is 6.36 Å². The van der Waals surface area contributed by atoms with Crippen molar-refractivity contribution < 1.29 is 17.9 Å². The van der Waals surface area contributed by atoms with Crippen LogP contribution in [0.15, 0.2) is 18.2 Å². The van der Waals surface area contributed by atoms with E-state index in [4.69, 9.17) is 16.9 Å². The number of benzene rings is 1. The number of rotatable bonds is 2. The van der Waals surface area contributed by atoms with Crippen molar-refractivity contribution >= 4 is 11.6 Å². The van der Waals surface area contributed by atoms with E-state index in [1.54, 1.807) is 6.07 Å². The lowest BCUT2D eigenvalue weighted by Gasteiger charge is -2.10. The number of nitrogens with zero attached hydrogens (tertiary/aromatic N) is 1. The first-order valence-electron chi connectivity index (χ1n) is 3.81. The van der Waals surface area contributed by atoms with E-state index in [0.717, 1.165) is 6.07 Å². The summed E-state index contributed by atoms with van der Waals surface area (Å²) >= 11 is 5.45. The molecule has 0 aliphatic rings. The number of hydrogen-bond acceptors (Lipinski definition) is 2. The Bertz CT molecular complexity index is 397. The number of hydrogen-bond donors (Lipinski definition) is 0. The second kappa shape index (κ2) is 4.41. The van der Waals surface area contributed by atoms with Crippen LogP contribution in [0.1, 0.15) is 11.1 Å². The Balaban J connectivity index is 3.08. The van der Waals surface area contributed by atoms with E-state index >= 15 is 0 Å². The molecule has 0 aliphatic carbocycles. The predicted octanol–water partition coefficient (Wildman–Crippen LogP) is 3.20. The second-order valence-corrected chi connectivity index (χ2v) is 2.89.